The van der Waals surface area contributed by atoms with Crippen LogP contribution >= 0.6 is 0 Å². The number of amides is 3. The zero-order valence-electron chi connectivity index (χ0n) is 13.3. The molecule has 1 aromatic rings. The van der Waals surface area contributed by atoms with E-state index in [4.69, 9.17) is 0 Å². The zero-order chi connectivity index (χ0) is 17.2. The molecule has 2 saturated carbocycles. The monoisotopic (exact) mass is 337 g/mol. The molecule has 3 amide bonds. The van der Waals surface area contributed by atoms with Crippen LogP contribution < -0.4 is 16.0 Å². The summed E-state index contributed by atoms with van der Waals surface area (Å²) < 4.78 is 26.3. The minimum Gasteiger partial charge on any atom is -0.352 e. The lowest BCUT2D eigenvalue weighted by atomic mass is 10.1. The summed E-state index contributed by atoms with van der Waals surface area (Å²) in [6.45, 7) is 0.244. The second-order valence-electron chi connectivity index (χ2n) is 6.63. The van der Waals surface area contributed by atoms with Gasteiger partial charge in [0.1, 0.15) is 0 Å². The smallest absolute Gasteiger partial charge is 0.319 e. The first-order valence-electron chi connectivity index (χ1n) is 8.25. The molecule has 2 fully saturated rings. The van der Waals surface area contributed by atoms with Crippen LogP contribution in [-0.4, -0.2) is 30.4 Å². The van der Waals surface area contributed by atoms with Crippen LogP contribution in [0.3, 0.4) is 0 Å². The first-order valence-corrected chi connectivity index (χ1v) is 8.25. The van der Waals surface area contributed by atoms with Crippen LogP contribution in [0.25, 0.3) is 0 Å². The van der Waals surface area contributed by atoms with Crippen LogP contribution in [0.5, 0.6) is 0 Å². The quantitative estimate of drug-likeness (QED) is 0.772. The van der Waals surface area contributed by atoms with Gasteiger partial charge in [0.25, 0.3) is 5.91 Å². The molecule has 0 bridgehead atoms. The largest absolute Gasteiger partial charge is 0.352 e. The molecule has 0 heterocycles. The molecule has 130 valence electrons. The van der Waals surface area contributed by atoms with Crippen molar-refractivity contribution in [3.63, 3.8) is 0 Å². The molecule has 7 heteroatoms. The Morgan fingerprint density at radius 3 is 2.67 bits per heavy atom. The number of nitrogens with one attached hydrogen (secondary N) is 3. The molecule has 0 aromatic heterocycles. The summed E-state index contributed by atoms with van der Waals surface area (Å²) in [4.78, 5) is 23.9. The number of urea groups is 1. The van der Waals surface area contributed by atoms with Crippen molar-refractivity contribution < 1.29 is 18.4 Å². The predicted molar refractivity (Wildman–Crippen MR) is 86.2 cm³/mol. The number of hydrogen-bond donors (Lipinski definition) is 3. The number of rotatable bonds is 5. The van der Waals surface area contributed by atoms with Crippen LogP contribution in [0.15, 0.2) is 24.3 Å². The Balaban J connectivity index is 1.51. The van der Waals surface area contributed by atoms with E-state index in [0.717, 1.165) is 12.8 Å². The van der Waals surface area contributed by atoms with Crippen LogP contribution in [0.2, 0.25) is 0 Å². The minimum absolute atomic E-state index is 0.108. The maximum Gasteiger partial charge on any atom is 0.319 e. The molecule has 5 nitrogen and oxygen atoms in total. The Morgan fingerprint density at radius 1 is 1.21 bits per heavy atom. The molecular formula is C17H21F2N3O2. The van der Waals surface area contributed by atoms with E-state index in [2.05, 4.69) is 16.0 Å². The third-order valence-electron chi connectivity index (χ3n) is 4.35. The molecule has 3 rings (SSSR count). The summed E-state index contributed by atoms with van der Waals surface area (Å²) in [6, 6.07) is 6.53. The number of halogens is 2. The topological polar surface area (TPSA) is 70.2 Å². The van der Waals surface area contributed by atoms with Gasteiger partial charge in [0.15, 0.2) is 0 Å². The van der Waals surface area contributed by atoms with Gasteiger partial charge in [0.2, 0.25) is 5.92 Å². The van der Waals surface area contributed by atoms with Crippen LogP contribution in [0.1, 0.15) is 42.5 Å². The fourth-order valence-corrected chi connectivity index (χ4v) is 2.87. The highest BCUT2D eigenvalue weighted by Gasteiger charge is 2.39. The fraction of sp³-hybridized carbons (Fsp3) is 0.529. The normalized spacial score (nSPS) is 22.0. The van der Waals surface area contributed by atoms with E-state index in [1.54, 1.807) is 24.3 Å². The first kappa shape index (κ1) is 16.7. The lowest BCUT2D eigenvalue weighted by Crippen LogP contribution is -2.31. The van der Waals surface area contributed by atoms with Gasteiger partial charge in [-0.15, -0.1) is 0 Å². The summed E-state index contributed by atoms with van der Waals surface area (Å²) in [7, 11) is 0. The number of carbonyl (C=O) groups excluding carboxylic acids is 2. The van der Waals surface area contributed by atoms with Crippen molar-refractivity contribution in [2.24, 2.45) is 5.92 Å². The Kier molecular flexibility index (Phi) is 4.69. The molecule has 2 aliphatic rings. The molecule has 0 radical (unpaired) electrons. The van der Waals surface area contributed by atoms with E-state index in [9.17, 15) is 18.4 Å². The van der Waals surface area contributed by atoms with Gasteiger partial charge in [-0.1, -0.05) is 6.07 Å². The van der Waals surface area contributed by atoms with E-state index in [-0.39, 0.29) is 43.3 Å². The standard InChI is InChI=1S/C17H21F2N3O2/c18-17(19)7-6-11(9-17)10-20-15(23)12-2-1-3-14(8-12)22-16(24)21-13-4-5-13/h1-3,8,11,13H,4-7,9-10H2,(H,20,23)(H2,21,22,24)/t11-/m0/s1. The molecule has 2 aliphatic carbocycles. The highest BCUT2D eigenvalue weighted by Crippen LogP contribution is 2.38. The molecule has 0 spiro atoms. The third kappa shape index (κ3) is 4.66. The van der Waals surface area contributed by atoms with Gasteiger partial charge in [0, 0.05) is 36.7 Å². The lowest BCUT2D eigenvalue weighted by molar-refractivity contribution is 0.00504. The van der Waals surface area contributed by atoms with E-state index < -0.39 is 5.92 Å². The maximum atomic E-state index is 13.2. The third-order valence-corrected chi connectivity index (χ3v) is 4.35. The molecular weight excluding hydrogens is 316 g/mol. The number of benzene rings is 1. The average molecular weight is 337 g/mol. The van der Waals surface area contributed by atoms with Crippen molar-refractivity contribution in [3.05, 3.63) is 29.8 Å². The molecule has 24 heavy (non-hydrogen) atoms. The van der Waals surface area contributed by atoms with Crippen molar-refractivity contribution in [1.82, 2.24) is 10.6 Å². The fourth-order valence-electron chi connectivity index (χ4n) is 2.87. The number of alkyl halides is 2. The molecule has 1 atom stereocenters. The van der Waals surface area contributed by atoms with E-state index in [0.29, 0.717) is 17.7 Å². The Labute approximate surface area is 139 Å². The molecule has 0 unspecified atom stereocenters. The maximum absolute atomic E-state index is 13.2. The van der Waals surface area contributed by atoms with Crippen LogP contribution in [-0.2, 0) is 0 Å². The van der Waals surface area contributed by atoms with Crippen molar-refractivity contribution in [2.75, 3.05) is 11.9 Å². The highest BCUT2D eigenvalue weighted by molar-refractivity contribution is 5.96. The minimum atomic E-state index is -2.60. The Morgan fingerprint density at radius 2 is 2.00 bits per heavy atom. The summed E-state index contributed by atoms with van der Waals surface area (Å²) in [6.07, 6.45) is 2.14. The second-order valence-corrected chi connectivity index (χ2v) is 6.63. The van der Waals surface area contributed by atoms with Crippen LogP contribution in [0.4, 0.5) is 19.3 Å². The van der Waals surface area contributed by atoms with E-state index in [1.807, 2.05) is 0 Å². The van der Waals surface area contributed by atoms with Crippen molar-refractivity contribution in [3.8, 4) is 0 Å². The van der Waals surface area contributed by atoms with Gasteiger partial charge in [-0.05, 0) is 43.4 Å². The Bertz CT molecular complexity index is 632. The summed E-state index contributed by atoms with van der Waals surface area (Å²) in [5.41, 5.74) is 0.914. The average Bonchev–Trinajstić information content (AvgIpc) is 3.26. The van der Waals surface area contributed by atoms with Gasteiger partial charge in [-0.2, -0.15) is 0 Å². The number of anilines is 1. The van der Waals surface area contributed by atoms with E-state index in [1.165, 1.54) is 0 Å². The number of hydrogen-bond acceptors (Lipinski definition) is 2. The lowest BCUT2D eigenvalue weighted by Gasteiger charge is -2.12. The summed E-state index contributed by atoms with van der Waals surface area (Å²) in [5, 5.41) is 8.19. The Hall–Kier alpha value is -2.18. The van der Waals surface area contributed by atoms with Gasteiger partial charge >= 0.3 is 6.03 Å². The summed E-state index contributed by atoms with van der Waals surface area (Å²) in [5.74, 6) is -3.11. The highest BCUT2D eigenvalue weighted by atomic mass is 19.3. The number of carbonyl (C=O) groups is 2. The molecule has 0 saturated heterocycles. The van der Waals surface area contributed by atoms with E-state index >= 15 is 0 Å². The zero-order valence-corrected chi connectivity index (χ0v) is 13.3. The van der Waals surface area contributed by atoms with Crippen molar-refractivity contribution in [1.29, 1.82) is 0 Å². The van der Waals surface area contributed by atoms with Gasteiger partial charge in [-0.3, -0.25) is 4.79 Å². The molecule has 3 N–H and O–H groups in total. The molecule has 1 aromatic carbocycles. The summed E-state index contributed by atoms with van der Waals surface area (Å²) >= 11 is 0. The van der Waals surface area contributed by atoms with Crippen molar-refractivity contribution >= 4 is 17.6 Å². The van der Waals surface area contributed by atoms with Crippen LogP contribution in [0, 0.1) is 5.92 Å². The van der Waals surface area contributed by atoms with Gasteiger partial charge in [0.05, 0.1) is 0 Å². The predicted octanol–water partition coefficient (Wildman–Crippen LogP) is 3.14. The second kappa shape index (κ2) is 6.75. The van der Waals surface area contributed by atoms with Crippen molar-refractivity contribution in [2.45, 2.75) is 44.1 Å². The first-order chi connectivity index (χ1) is 11.4. The van der Waals surface area contributed by atoms with Gasteiger partial charge in [-0.25, -0.2) is 13.6 Å². The molecule has 0 aliphatic heterocycles. The van der Waals surface area contributed by atoms with Gasteiger partial charge < -0.3 is 16.0 Å². The SMILES string of the molecule is O=C(Nc1cccc(C(=O)NC[C@H]2CCC(F)(F)C2)c1)NC1CC1.